The number of amides is 1. The van der Waals surface area contributed by atoms with Crippen LogP contribution < -0.4 is 10.0 Å². The van der Waals surface area contributed by atoms with E-state index in [4.69, 9.17) is 0 Å². The minimum Gasteiger partial charge on any atom is -0.351 e. The fourth-order valence-corrected chi connectivity index (χ4v) is 4.05. The predicted octanol–water partition coefficient (Wildman–Crippen LogP) is 3.75. The normalized spacial score (nSPS) is 11.8. The van der Waals surface area contributed by atoms with Crippen LogP contribution >= 0.6 is 11.8 Å². The molecule has 26 heavy (non-hydrogen) atoms. The Hall–Kier alpha value is -1.99. The van der Waals surface area contributed by atoms with Crippen LogP contribution in [-0.2, 0) is 10.0 Å². The monoisotopic (exact) mass is 392 g/mol. The Morgan fingerprint density at radius 3 is 2.38 bits per heavy atom. The second-order valence-corrected chi connectivity index (χ2v) is 10.3. The average Bonchev–Trinajstić information content (AvgIpc) is 2.58. The SMILES string of the molecule is CC(C)(C)SCCNC(=O)c1cccc(NS(=O)(=O)c2ccccc2)c1. The highest BCUT2D eigenvalue weighted by atomic mass is 32.2. The van der Waals surface area contributed by atoms with Crippen LogP contribution in [0.2, 0.25) is 0 Å². The zero-order valence-corrected chi connectivity index (χ0v) is 16.8. The summed E-state index contributed by atoms with van der Waals surface area (Å²) in [5, 5.41) is 2.86. The van der Waals surface area contributed by atoms with Crippen molar-refractivity contribution in [2.45, 2.75) is 30.4 Å². The van der Waals surface area contributed by atoms with Gasteiger partial charge < -0.3 is 5.32 Å². The minimum atomic E-state index is -3.68. The third-order valence-corrected chi connectivity index (χ3v) is 6.02. The van der Waals surface area contributed by atoms with Gasteiger partial charge in [0.2, 0.25) is 0 Å². The molecule has 0 aliphatic heterocycles. The van der Waals surface area contributed by atoms with Crippen LogP contribution in [0.1, 0.15) is 31.1 Å². The lowest BCUT2D eigenvalue weighted by Gasteiger charge is -2.17. The van der Waals surface area contributed by atoms with E-state index in [-0.39, 0.29) is 15.5 Å². The van der Waals surface area contributed by atoms with Gasteiger partial charge in [-0.15, -0.1) is 0 Å². The maximum atomic E-state index is 12.4. The van der Waals surface area contributed by atoms with Crippen molar-refractivity contribution in [3.63, 3.8) is 0 Å². The van der Waals surface area contributed by atoms with E-state index in [1.165, 1.54) is 18.2 Å². The molecule has 1 amide bonds. The number of carbonyl (C=O) groups is 1. The molecule has 0 unspecified atom stereocenters. The van der Waals surface area contributed by atoms with E-state index in [0.29, 0.717) is 17.8 Å². The van der Waals surface area contributed by atoms with Crippen molar-refractivity contribution in [2.24, 2.45) is 0 Å². The van der Waals surface area contributed by atoms with E-state index in [1.54, 1.807) is 48.2 Å². The van der Waals surface area contributed by atoms with Crippen LogP contribution in [0.15, 0.2) is 59.5 Å². The van der Waals surface area contributed by atoms with Gasteiger partial charge in [0.15, 0.2) is 0 Å². The Labute approximate surface area is 159 Å². The summed E-state index contributed by atoms with van der Waals surface area (Å²) in [6.07, 6.45) is 0. The summed E-state index contributed by atoms with van der Waals surface area (Å²) in [6.45, 7) is 6.94. The molecule has 7 heteroatoms. The molecule has 0 aliphatic rings. The fraction of sp³-hybridized carbons (Fsp3) is 0.316. The molecule has 0 aliphatic carbocycles. The second-order valence-electron chi connectivity index (χ2n) is 6.72. The van der Waals surface area contributed by atoms with Crippen LogP contribution in [0, 0.1) is 0 Å². The van der Waals surface area contributed by atoms with E-state index in [0.717, 1.165) is 5.75 Å². The van der Waals surface area contributed by atoms with Crippen LogP contribution in [0.5, 0.6) is 0 Å². The molecule has 0 saturated carbocycles. The van der Waals surface area contributed by atoms with Gasteiger partial charge in [0, 0.05) is 28.3 Å². The number of sulfonamides is 1. The molecule has 2 aromatic rings. The highest BCUT2D eigenvalue weighted by molar-refractivity contribution is 8.00. The molecular formula is C19H24N2O3S2. The molecule has 2 N–H and O–H groups in total. The van der Waals surface area contributed by atoms with E-state index < -0.39 is 10.0 Å². The van der Waals surface area contributed by atoms with Crippen LogP contribution in [0.25, 0.3) is 0 Å². The second kappa shape index (κ2) is 8.60. The van der Waals surface area contributed by atoms with Gasteiger partial charge in [-0.25, -0.2) is 8.42 Å². The molecule has 140 valence electrons. The summed E-state index contributed by atoms with van der Waals surface area (Å²) in [4.78, 5) is 12.4. The average molecular weight is 393 g/mol. The van der Waals surface area contributed by atoms with Gasteiger partial charge in [-0.1, -0.05) is 45.0 Å². The number of hydrogen-bond acceptors (Lipinski definition) is 4. The molecular weight excluding hydrogens is 368 g/mol. The quantitative estimate of drug-likeness (QED) is 0.704. The first kappa shape index (κ1) is 20.3. The van der Waals surface area contributed by atoms with E-state index in [2.05, 4.69) is 30.8 Å². The molecule has 2 aromatic carbocycles. The van der Waals surface area contributed by atoms with Crippen LogP contribution in [0.3, 0.4) is 0 Å². The molecule has 2 rings (SSSR count). The number of benzene rings is 2. The van der Waals surface area contributed by atoms with Gasteiger partial charge in [-0.2, -0.15) is 11.8 Å². The van der Waals surface area contributed by atoms with Crippen molar-refractivity contribution in [2.75, 3.05) is 17.0 Å². The molecule has 0 heterocycles. The maximum absolute atomic E-state index is 12.4. The summed E-state index contributed by atoms with van der Waals surface area (Å²) in [5.41, 5.74) is 0.768. The van der Waals surface area contributed by atoms with Crippen molar-refractivity contribution in [3.05, 3.63) is 60.2 Å². The first-order valence-electron chi connectivity index (χ1n) is 8.27. The van der Waals surface area contributed by atoms with Crippen molar-refractivity contribution in [1.29, 1.82) is 0 Å². The number of carbonyl (C=O) groups excluding carboxylic acids is 1. The van der Waals surface area contributed by atoms with E-state index >= 15 is 0 Å². The highest BCUT2D eigenvalue weighted by Crippen LogP contribution is 2.22. The number of hydrogen-bond donors (Lipinski definition) is 2. The van der Waals surface area contributed by atoms with Gasteiger partial charge in [-0.05, 0) is 30.3 Å². The Morgan fingerprint density at radius 1 is 1.04 bits per heavy atom. The lowest BCUT2D eigenvalue weighted by Crippen LogP contribution is -2.27. The predicted molar refractivity (Wildman–Crippen MR) is 108 cm³/mol. The molecule has 0 spiro atoms. The molecule has 0 aromatic heterocycles. The van der Waals surface area contributed by atoms with Crippen LogP contribution in [0.4, 0.5) is 5.69 Å². The Balaban J connectivity index is 2.00. The number of anilines is 1. The molecule has 5 nitrogen and oxygen atoms in total. The lowest BCUT2D eigenvalue weighted by atomic mass is 10.2. The summed E-state index contributed by atoms with van der Waals surface area (Å²) in [7, 11) is -3.68. The van der Waals surface area contributed by atoms with Gasteiger partial charge >= 0.3 is 0 Å². The number of thioether (sulfide) groups is 1. The summed E-state index contributed by atoms with van der Waals surface area (Å²) >= 11 is 1.77. The topological polar surface area (TPSA) is 75.3 Å². The van der Waals surface area contributed by atoms with Crippen molar-refractivity contribution in [1.82, 2.24) is 5.32 Å². The zero-order valence-electron chi connectivity index (χ0n) is 15.2. The molecule has 0 atom stereocenters. The standard InChI is InChI=1S/C19H24N2O3S2/c1-19(2,3)25-13-12-20-18(22)15-8-7-9-16(14-15)21-26(23,24)17-10-5-4-6-11-17/h4-11,14,21H,12-13H2,1-3H3,(H,20,22). The molecule has 0 fully saturated rings. The van der Waals surface area contributed by atoms with Crippen molar-refractivity contribution < 1.29 is 13.2 Å². The molecule has 0 saturated heterocycles. The molecule has 0 radical (unpaired) electrons. The van der Waals surface area contributed by atoms with Crippen molar-refractivity contribution in [3.8, 4) is 0 Å². The third kappa shape index (κ3) is 6.38. The third-order valence-electron chi connectivity index (χ3n) is 3.35. The Bertz CT molecular complexity index is 845. The first-order valence-corrected chi connectivity index (χ1v) is 10.7. The van der Waals surface area contributed by atoms with Gasteiger partial charge in [0.25, 0.3) is 15.9 Å². The highest BCUT2D eigenvalue weighted by Gasteiger charge is 2.15. The smallest absolute Gasteiger partial charge is 0.261 e. The Kier molecular flexibility index (Phi) is 6.72. The zero-order chi connectivity index (χ0) is 19.2. The van der Waals surface area contributed by atoms with Gasteiger partial charge in [0.1, 0.15) is 0 Å². The number of rotatable bonds is 7. The minimum absolute atomic E-state index is 0.153. The van der Waals surface area contributed by atoms with Gasteiger partial charge in [0.05, 0.1) is 4.90 Å². The lowest BCUT2D eigenvalue weighted by molar-refractivity contribution is 0.0956. The maximum Gasteiger partial charge on any atom is 0.261 e. The molecule has 0 bridgehead atoms. The van der Waals surface area contributed by atoms with E-state index in [9.17, 15) is 13.2 Å². The first-order chi connectivity index (χ1) is 12.2. The summed E-state index contributed by atoms with van der Waals surface area (Å²) < 4.78 is 27.4. The van der Waals surface area contributed by atoms with Gasteiger partial charge in [-0.3, -0.25) is 9.52 Å². The van der Waals surface area contributed by atoms with Crippen molar-refractivity contribution >= 4 is 33.4 Å². The Morgan fingerprint density at radius 2 is 1.73 bits per heavy atom. The van der Waals surface area contributed by atoms with Crippen LogP contribution in [-0.4, -0.2) is 31.4 Å². The fourth-order valence-electron chi connectivity index (χ4n) is 2.16. The summed E-state index contributed by atoms with van der Waals surface area (Å²) in [6, 6.07) is 14.6. The number of nitrogens with one attached hydrogen (secondary N) is 2. The largest absolute Gasteiger partial charge is 0.351 e. The summed E-state index contributed by atoms with van der Waals surface area (Å²) in [5.74, 6) is 0.593. The van der Waals surface area contributed by atoms with E-state index in [1.807, 2.05) is 0 Å².